The van der Waals surface area contributed by atoms with Gasteiger partial charge in [-0.1, -0.05) is 35.7 Å². The average molecular weight is 1160 g/mol. The van der Waals surface area contributed by atoms with Crippen LogP contribution in [-0.2, 0) is 39.6 Å². The molecule has 430 valence electrons. The number of carbonyl (C=O) groups excluding carboxylic acids is 2. The Morgan fingerprint density at radius 3 is 2.09 bits per heavy atom. The smallest absolute Gasteiger partial charge is 0.382 e. The van der Waals surface area contributed by atoms with Crippen molar-refractivity contribution in [2.45, 2.75) is 64.8 Å². The van der Waals surface area contributed by atoms with E-state index in [1.807, 2.05) is 44.2 Å². The van der Waals surface area contributed by atoms with Gasteiger partial charge in [0.15, 0.2) is 0 Å². The van der Waals surface area contributed by atoms with Gasteiger partial charge < -0.3 is 49.3 Å². The van der Waals surface area contributed by atoms with E-state index >= 15 is 0 Å². The summed E-state index contributed by atoms with van der Waals surface area (Å²) < 4.78 is 77.4. The maximum atomic E-state index is 13.8. The van der Waals surface area contributed by atoms with Crippen LogP contribution >= 0.6 is 30.1 Å². The minimum Gasteiger partial charge on any atom is -0.382 e. The fourth-order valence-corrected chi connectivity index (χ4v) is 11.4. The second-order valence-electron chi connectivity index (χ2n) is 19.8. The number of nitrogens with zero attached hydrogens (tertiary/aromatic N) is 4. The molecule has 2 aliphatic heterocycles. The van der Waals surface area contributed by atoms with Gasteiger partial charge in [-0.15, -0.1) is 11.3 Å². The monoisotopic (exact) mass is 1160 g/mol. The number of benzene rings is 3. The van der Waals surface area contributed by atoms with Gasteiger partial charge in [0.2, 0.25) is 11.8 Å². The molecule has 4 heterocycles. The maximum absolute atomic E-state index is 13.8. The molecular weight excluding hydrogens is 1090 g/mol. The molecule has 80 heavy (non-hydrogen) atoms. The lowest BCUT2D eigenvalue weighted by Gasteiger charge is -2.32. The highest BCUT2D eigenvalue weighted by Gasteiger charge is 2.35. The van der Waals surface area contributed by atoms with Gasteiger partial charge >= 0.3 is 6.18 Å². The van der Waals surface area contributed by atoms with Gasteiger partial charge in [0.25, 0.3) is 0 Å². The molecular formula is C57H71ClF3N10O7PS. The second-order valence-corrected chi connectivity index (χ2v) is 24.7. The Kier molecular flexibility index (Phi) is 22.4. The molecule has 0 saturated carbocycles. The Balaban J connectivity index is 0.715. The van der Waals surface area contributed by atoms with Crippen LogP contribution in [0, 0.1) is 36.5 Å². The maximum Gasteiger partial charge on any atom is 0.406 e. The number of halogens is 4. The number of ether oxygens (including phenoxy) is 4. The quantitative estimate of drug-likeness (QED) is 0.0102. The number of aryl methyl sites for hydroxylation is 1. The van der Waals surface area contributed by atoms with Gasteiger partial charge in [-0.25, -0.2) is 0 Å². The summed E-state index contributed by atoms with van der Waals surface area (Å²) in [6, 6.07) is 20.7. The number of carbonyl (C=O) groups is 2. The highest BCUT2D eigenvalue weighted by molar-refractivity contribution is 7.70. The predicted octanol–water partition coefficient (Wildman–Crippen LogP) is 8.51. The molecule has 17 nitrogen and oxygen atoms in total. The summed E-state index contributed by atoms with van der Waals surface area (Å²) in [5.41, 5.74) is 5.50. The van der Waals surface area contributed by atoms with Crippen LogP contribution in [0.2, 0.25) is 5.02 Å². The highest BCUT2D eigenvalue weighted by atomic mass is 35.5. The van der Waals surface area contributed by atoms with Crippen molar-refractivity contribution < 1.29 is 46.3 Å². The van der Waals surface area contributed by atoms with Crippen LogP contribution in [0.25, 0.3) is 10.9 Å². The minimum atomic E-state index is -4.45. The van der Waals surface area contributed by atoms with E-state index in [0.717, 1.165) is 56.1 Å². The van der Waals surface area contributed by atoms with Crippen LogP contribution in [0.3, 0.4) is 0 Å². The van der Waals surface area contributed by atoms with Crippen LogP contribution in [0.5, 0.6) is 0 Å². The number of nitrogens with one attached hydrogen (secondary N) is 6. The number of thiophene rings is 1. The van der Waals surface area contributed by atoms with Crippen LogP contribution < -0.4 is 31.5 Å². The summed E-state index contributed by atoms with van der Waals surface area (Å²) in [5.74, 6) is 5.73. The summed E-state index contributed by atoms with van der Waals surface area (Å²) in [5, 5.41) is 32.8. The Bertz CT molecular complexity index is 3090. The number of likely N-dealkylation sites (tertiary alicyclic amines) is 1. The summed E-state index contributed by atoms with van der Waals surface area (Å²) in [6.07, 6.45) is -3.04. The first-order valence-electron chi connectivity index (χ1n) is 26.5. The summed E-state index contributed by atoms with van der Waals surface area (Å²) in [6.45, 7) is 13.0. The van der Waals surface area contributed by atoms with E-state index in [9.17, 15) is 27.3 Å². The molecule has 2 aliphatic rings. The third-order valence-corrected chi connectivity index (χ3v) is 16.4. The molecule has 0 aliphatic carbocycles. The van der Waals surface area contributed by atoms with Crippen molar-refractivity contribution in [1.82, 2.24) is 20.1 Å². The van der Waals surface area contributed by atoms with E-state index in [1.165, 1.54) is 15.9 Å². The minimum absolute atomic E-state index is 0.0567. The fraction of sp³-hybridized carbons (Fsp3) is 0.456. The second kappa shape index (κ2) is 29.1. The number of amidine groups is 2. The van der Waals surface area contributed by atoms with Crippen molar-refractivity contribution in [3.8, 4) is 11.8 Å². The number of rotatable bonds is 26. The number of anilines is 3. The molecule has 7 rings (SSSR count). The number of alkyl halides is 3. The zero-order chi connectivity index (χ0) is 57.4. The fourth-order valence-electron chi connectivity index (χ4n) is 9.22. The summed E-state index contributed by atoms with van der Waals surface area (Å²) in [7, 11) is -2.39. The van der Waals surface area contributed by atoms with Gasteiger partial charge in [-0.05, 0) is 113 Å². The first-order chi connectivity index (χ1) is 38.3. The first-order valence-corrected chi connectivity index (χ1v) is 30.3. The standard InChI is InChI=1S/C57H71ClF3N10O7PS/c1-38-39(2)80-56-53(38)54(41-11-13-42(58)14-12-41)68-49(55(63)71(56)40(3)62)35-51(72)65-22-26-75-28-30-77-32-33-78-31-29-76-27-23-66-52(73)36-69-24-19-44(20-25-69)67-48-9-6-10-50-47(48)34-45(70(50)37-57(59,60)61)8-7-21-64-43-15-17-46(18-16-43)79(4,5)74/h6,9-18,34,44,49,62-64,67H,19-33,35-37H2,1-5H3,(H,65,72)(H,66,73)/t49-/m0/s1. The highest BCUT2D eigenvalue weighted by Crippen LogP contribution is 2.40. The van der Waals surface area contributed by atoms with E-state index in [-0.39, 0.29) is 67.9 Å². The van der Waals surface area contributed by atoms with E-state index in [4.69, 9.17) is 46.4 Å². The van der Waals surface area contributed by atoms with E-state index in [2.05, 4.69) is 38.0 Å². The van der Waals surface area contributed by atoms with Crippen LogP contribution in [0.1, 0.15) is 53.4 Å². The van der Waals surface area contributed by atoms with Gasteiger partial charge in [0.05, 0.1) is 89.3 Å². The molecule has 23 heteroatoms. The molecule has 0 radical (unpaired) electrons. The van der Waals surface area contributed by atoms with Crippen LogP contribution in [-0.4, -0.2) is 162 Å². The van der Waals surface area contributed by atoms with E-state index in [0.29, 0.717) is 87.5 Å². The van der Waals surface area contributed by atoms with E-state index < -0.39 is 25.9 Å². The molecule has 3 aromatic carbocycles. The van der Waals surface area contributed by atoms with Crippen molar-refractivity contribution in [1.29, 1.82) is 10.8 Å². The van der Waals surface area contributed by atoms with Crippen molar-refractivity contribution in [2.24, 2.45) is 4.99 Å². The van der Waals surface area contributed by atoms with E-state index in [1.54, 1.807) is 67.6 Å². The lowest BCUT2D eigenvalue weighted by Crippen LogP contribution is -2.44. The number of piperidine rings is 1. The zero-order valence-electron chi connectivity index (χ0n) is 45.8. The number of aromatic nitrogens is 1. The molecule has 0 spiro atoms. The lowest BCUT2D eigenvalue weighted by molar-refractivity contribution is -0.140. The first kappa shape index (κ1) is 61.5. The number of hydrogen-bond donors (Lipinski definition) is 6. The molecule has 2 aromatic heterocycles. The Labute approximate surface area is 474 Å². The van der Waals surface area contributed by atoms with Gasteiger partial charge in [-0.2, -0.15) is 13.2 Å². The largest absolute Gasteiger partial charge is 0.406 e. The molecule has 1 saturated heterocycles. The molecule has 5 aromatic rings. The number of aliphatic imine (C=N–C) groups is 1. The van der Waals surface area contributed by atoms with Crippen molar-refractivity contribution in [3.05, 3.63) is 105 Å². The molecule has 2 amide bonds. The number of amides is 2. The number of hydrogen-bond acceptors (Lipinski definition) is 14. The van der Waals surface area contributed by atoms with Gasteiger partial charge in [0, 0.05) is 75.3 Å². The number of fused-ring (bicyclic) bond motifs is 2. The molecule has 1 fully saturated rings. The molecule has 6 N–H and O–H groups in total. The Morgan fingerprint density at radius 1 is 0.875 bits per heavy atom. The summed E-state index contributed by atoms with van der Waals surface area (Å²) in [4.78, 5) is 35.6. The van der Waals surface area contributed by atoms with Crippen molar-refractivity contribution in [2.75, 3.05) is 121 Å². The average Bonchev–Trinajstić information content (AvgIpc) is 3.89. The predicted molar refractivity (Wildman–Crippen MR) is 314 cm³/mol. The zero-order valence-corrected chi connectivity index (χ0v) is 48.3. The van der Waals surface area contributed by atoms with Crippen LogP contribution in [0.4, 0.5) is 29.5 Å². The van der Waals surface area contributed by atoms with Crippen LogP contribution in [0.15, 0.2) is 77.8 Å². The third kappa shape index (κ3) is 17.7. The summed E-state index contributed by atoms with van der Waals surface area (Å²) >= 11 is 7.69. The van der Waals surface area contributed by atoms with Gasteiger partial charge in [-0.3, -0.25) is 35.2 Å². The van der Waals surface area contributed by atoms with Gasteiger partial charge in [0.1, 0.15) is 36.4 Å². The lowest BCUT2D eigenvalue weighted by atomic mass is 9.99. The Morgan fingerprint density at radius 2 is 1.49 bits per heavy atom. The molecule has 1 atom stereocenters. The Hall–Kier alpha value is -6.08. The van der Waals surface area contributed by atoms with Crippen molar-refractivity contribution >= 4 is 91.9 Å². The molecule has 0 unspecified atom stereocenters. The van der Waals surface area contributed by atoms with Crippen molar-refractivity contribution in [3.63, 3.8) is 0 Å². The third-order valence-electron chi connectivity index (χ3n) is 13.4. The SMILES string of the molecule is CC(=N)N1C(=N)[C@H](CC(=O)NCCOCCOCCOCCOCCNC(=O)CN2CCC(Nc3cccc4c3cc(C#CCNc3ccc(P(C)(C)=O)cc3)n4CC(F)(F)F)CC2)N=C(c2ccc(Cl)cc2)c2c1sc(C)c2C. The topological polar surface area (TPSA) is 208 Å². The molecule has 0 bridgehead atoms. The normalized spacial score (nSPS) is 15.2.